The van der Waals surface area contributed by atoms with Crippen molar-refractivity contribution >= 4 is 10.0 Å². The van der Waals surface area contributed by atoms with Crippen molar-refractivity contribution in [2.45, 2.75) is 10.9 Å². The van der Waals surface area contributed by atoms with Crippen LogP contribution in [-0.2, 0) is 14.8 Å². The van der Waals surface area contributed by atoms with E-state index in [1.54, 1.807) is 4.31 Å². The van der Waals surface area contributed by atoms with Gasteiger partial charge in [0.25, 0.3) is 0 Å². The molecular formula is C11H18N4O3S. The molecular weight excluding hydrogens is 268 g/mol. The number of fused-ring (bicyclic) bond motifs is 3. The Morgan fingerprint density at radius 3 is 2.95 bits per heavy atom. The van der Waals surface area contributed by atoms with Crippen LogP contribution in [0.15, 0.2) is 17.3 Å². The Bertz CT molecular complexity index is 530. The number of H-pyrrole nitrogens is 1. The van der Waals surface area contributed by atoms with Crippen LogP contribution in [0.1, 0.15) is 0 Å². The van der Waals surface area contributed by atoms with Crippen LogP contribution in [0.25, 0.3) is 0 Å². The van der Waals surface area contributed by atoms with Gasteiger partial charge in [-0.15, -0.1) is 0 Å². The molecule has 0 amide bonds. The van der Waals surface area contributed by atoms with Crippen LogP contribution in [0.4, 0.5) is 0 Å². The first-order valence-corrected chi connectivity index (χ1v) is 7.78. The number of sulfonamides is 1. The van der Waals surface area contributed by atoms with Crippen LogP contribution in [0, 0.1) is 5.92 Å². The van der Waals surface area contributed by atoms with E-state index in [1.165, 1.54) is 12.4 Å². The predicted molar refractivity (Wildman–Crippen MR) is 68.1 cm³/mol. The summed E-state index contributed by atoms with van der Waals surface area (Å²) in [5.74, 6) is 0.221. The quantitative estimate of drug-likeness (QED) is 0.782. The second-order valence-corrected chi connectivity index (χ2v) is 7.19. The van der Waals surface area contributed by atoms with Gasteiger partial charge in [0.2, 0.25) is 10.0 Å². The van der Waals surface area contributed by atoms with Gasteiger partial charge in [-0.3, -0.25) is 10.00 Å². The van der Waals surface area contributed by atoms with Crippen LogP contribution < -0.4 is 0 Å². The molecule has 2 aliphatic heterocycles. The van der Waals surface area contributed by atoms with E-state index in [0.29, 0.717) is 26.3 Å². The Morgan fingerprint density at radius 1 is 1.37 bits per heavy atom. The number of ether oxygens (including phenoxy) is 1. The topological polar surface area (TPSA) is 78.5 Å². The average molecular weight is 286 g/mol. The Balaban J connectivity index is 1.90. The van der Waals surface area contributed by atoms with E-state index >= 15 is 0 Å². The number of likely N-dealkylation sites (N-methyl/N-ethyl adjacent to an activating group) is 1. The summed E-state index contributed by atoms with van der Waals surface area (Å²) in [4.78, 5) is 2.43. The van der Waals surface area contributed by atoms with E-state index in [0.717, 1.165) is 6.54 Å². The van der Waals surface area contributed by atoms with E-state index in [1.807, 2.05) is 7.05 Å². The van der Waals surface area contributed by atoms with Gasteiger partial charge < -0.3 is 4.74 Å². The molecule has 0 unspecified atom stereocenters. The lowest BCUT2D eigenvalue weighted by atomic mass is 10.1. The van der Waals surface area contributed by atoms with Crippen LogP contribution in [0.3, 0.4) is 0 Å². The molecule has 0 aliphatic carbocycles. The lowest BCUT2D eigenvalue weighted by Gasteiger charge is -2.28. The summed E-state index contributed by atoms with van der Waals surface area (Å²) in [6, 6.07) is 0.120. The average Bonchev–Trinajstić information content (AvgIpc) is 2.75. The Hall–Kier alpha value is -0.960. The summed E-state index contributed by atoms with van der Waals surface area (Å²) < 4.78 is 32.3. The van der Waals surface area contributed by atoms with Crippen LogP contribution >= 0.6 is 0 Å². The zero-order valence-corrected chi connectivity index (χ0v) is 11.6. The molecule has 0 radical (unpaired) electrons. The molecule has 8 heteroatoms. The first kappa shape index (κ1) is 13.0. The van der Waals surface area contributed by atoms with Gasteiger partial charge in [0, 0.05) is 37.8 Å². The number of hydrogen-bond acceptors (Lipinski definition) is 5. The monoisotopic (exact) mass is 286 g/mol. The minimum atomic E-state index is -3.45. The van der Waals surface area contributed by atoms with Gasteiger partial charge in [0.05, 0.1) is 19.4 Å². The normalized spacial score (nSPS) is 30.2. The van der Waals surface area contributed by atoms with Gasteiger partial charge in [-0.25, -0.2) is 8.42 Å². The van der Waals surface area contributed by atoms with E-state index in [2.05, 4.69) is 15.1 Å². The highest BCUT2D eigenvalue weighted by molar-refractivity contribution is 7.89. The number of nitrogens with zero attached hydrogens (tertiary/aromatic N) is 3. The lowest BCUT2D eigenvalue weighted by Crippen LogP contribution is -2.44. The molecule has 0 aromatic carbocycles. The molecule has 106 valence electrons. The fraction of sp³-hybridized carbons (Fsp3) is 0.727. The maximum Gasteiger partial charge on any atom is 0.246 e. The third kappa shape index (κ3) is 2.40. The Labute approximate surface area is 112 Å². The second-order valence-electron chi connectivity index (χ2n) is 5.25. The maximum atomic E-state index is 12.5. The van der Waals surface area contributed by atoms with Crippen molar-refractivity contribution in [3.63, 3.8) is 0 Å². The van der Waals surface area contributed by atoms with E-state index < -0.39 is 10.0 Å². The zero-order valence-electron chi connectivity index (χ0n) is 10.8. The van der Waals surface area contributed by atoms with Crippen molar-refractivity contribution in [2.75, 3.05) is 39.9 Å². The second kappa shape index (κ2) is 4.86. The molecule has 19 heavy (non-hydrogen) atoms. The summed E-state index contributed by atoms with van der Waals surface area (Å²) in [7, 11) is -1.42. The van der Waals surface area contributed by atoms with Gasteiger partial charge in [-0.2, -0.15) is 9.40 Å². The molecule has 1 N–H and O–H groups in total. The summed E-state index contributed by atoms with van der Waals surface area (Å²) in [6.45, 7) is 3.07. The zero-order chi connectivity index (χ0) is 13.5. The number of nitrogens with one attached hydrogen (secondary N) is 1. The van der Waals surface area contributed by atoms with Crippen molar-refractivity contribution in [3.8, 4) is 0 Å². The van der Waals surface area contributed by atoms with Gasteiger partial charge in [-0.05, 0) is 7.05 Å². The Kier molecular flexibility index (Phi) is 3.34. The summed E-state index contributed by atoms with van der Waals surface area (Å²) >= 11 is 0. The molecule has 0 saturated carbocycles. The SMILES string of the molecule is CN1C[C@H]2COC[C@@H]1CN(S(=O)(=O)c1cn[nH]c1)C2. The van der Waals surface area contributed by atoms with E-state index in [-0.39, 0.29) is 16.9 Å². The molecule has 0 spiro atoms. The molecule has 2 fully saturated rings. The number of rotatable bonds is 2. The highest BCUT2D eigenvalue weighted by Crippen LogP contribution is 2.23. The maximum absolute atomic E-state index is 12.5. The molecule has 1 aromatic rings. The van der Waals surface area contributed by atoms with Crippen molar-refractivity contribution in [2.24, 2.45) is 5.92 Å². The smallest absolute Gasteiger partial charge is 0.246 e. The molecule has 1 aromatic heterocycles. The van der Waals surface area contributed by atoms with Gasteiger partial charge in [0.1, 0.15) is 4.90 Å². The van der Waals surface area contributed by atoms with Gasteiger partial charge in [-0.1, -0.05) is 0 Å². The van der Waals surface area contributed by atoms with Crippen LogP contribution in [0.5, 0.6) is 0 Å². The third-order valence-electron chi connectivity index (χ3n) is 3.82. The summed E-state index contributed by atoms with van der Waals surface area (Å²) in [5.41, 5.74) is 0. The molecule has 2 saturated heterocycles. The van der Waals surface area contributed by atoms with Crippen LogP contribution in [0.2, 0.25) is 0 Å². The molecule has 3 heterocycles. The highest BCUT2D eigenvalue weighted by Gasteiger charge is 2.37. The first-order chi connectivity index (χ1) is 9.07. The minimum Gasteiger partial charge on any atom is -0.379 e. The minimum absolute atomic E-state index is 0.120. The third-order valence-corrected chi connectivity index (χ3v) is 5.62. The predicted octanol–water partition coefficient (Wildman–Crippen LogP) is -0.639. The van der Waals surface area contributed by atoms with Gasteiger partial charge in [0.15, 0.2) is 0 Å². The molecule has 3 rings (SSSR count). The molecule has 2 aliphatic rings. The summed E-state index contributed by atoms with van der Waals surface area (Å²) in [5, 5.41) is 6.29. The number of aromatic amines is 1. The van der Waals surface area contributed by atoms with E-state index in [9.17, 15) is 8.42 Å². The van der Waals surface area contributed by atoms with Crippen molar-refractivity contribution in [1.82, 2.24) is 19.4 Å². The van der Waals surface area contributed by atoms with Crippen molar-refractivity contribution in [3.05, 3.63) is 12.4 Å². The van der Waals surface area contributed by atoms with Crippen molar-refractivity contribution < 1.29 is 13.2 Å². The molecule has 2 atom stereocenters. The Morgan fingerprint density at radius 2 is 2.21 bits per heavy atom. The van der Waals surface area contributed by atoms with Gasteiger partial charge >= 0.3 is 0 Å². The fourth-order valence-electron chi connectivity index (χ4n) is 2.73. The molecule has 7 nitrogen and oxygen atoms in total. The largest absolute Gasteiger partial charge is 0.379 e. The lowest BCUT2D eigenvalue weighted by molar-refractivity contribution is 0.0727. The molecule has 2 bridgehead atoms. The van der Waals surface area contributed by atoms with Crippen molar-refractivity contribution in [1.29, 1.82) is 0 Å². The van der Waals surface area contributed by atoms with Crippen LogP contribution in [-0.4, -0.2) is 73.8 Å². The standard InChI is InChI=1S/C11H18N4O3S/c1-14-4-9-5-15(6-10(14)8-18-7-9)19(16,17)11-2-12-13-3-11/h2-3,9-10H,4-8H2,1H3,(H,12,13)/t9-,10+/m1/s1. The highest BCUT2D eigenvalue weighted by atomic mass is 32.2. The number of aromatic nitrogens is 2. The van der Waals surface area contributed by atoms with E-state index in [4.69, 9.17) is 4.74 Å². The summed E-state index contributed by atoms with van der Waals surface area (Å²) in [6.07, 6.45) is 2.78. The fourth-order valence-corrected chi connectivity index (χ4v) is 4.19. The number of hydrogen-bond donors (Lipinski definition) is 1. The first-order valence-electron chi connectivity index (χ1n) is 6.34.